The Morgan fingerprint density at radius 1 is 0.317 bits per heavy atom. The molecule has 1 atom stereocenters. The first-order valence-corrected chi connectivity index (χ1v) is 24.2. The summed E-state index contributed by atoms with van der Waals surface area (Å²) in [5, 5.41) is 0. The molecule has 6 heteroatoms. The van der Waals surface area contributed by atoms with Crippen molar-refractivity contribution in [1.82, 2.24) is 0 Å². The minimum Gasteiger partial charge on any atom is -0.462 e. The minimum absolute atomic E-state index is 0.123. The molecule has 0 heterocycles. The van der Waals surface area contributed by atoms with Crippen molar-refractivity contribution in [2.45, 2.75) is 168 Å². The first-order valence-electron chi connectivity index (χ1n) is 24.2. The van der Waals surface area contributed by atoms with Crippen molar-refractivity contribution in [3.05, 3.63) is 158 Å². The number of esters is 3. The first kappa shape index (κ1) is 58.0. The fourth-order valence-electron chi connectivity index (χ4n) is 5.78. The van der Waals surface area contributed by atoms with Crippen LogP contribution in [0, 0.1) is 0 Å². The van der Waals surface area contributed by atoms with E-state index >= 15 is 0 Å². The van der Waals surface area contributed by atoms with Crippen LogP contribution in [0.3, 0.4) is 0 Å². The van der Waals surface area contributed by atoms with E-state index in [0.717, 1.165) is 122 Å². The molecule has 0 aliphatic rings. The van der Waals surface area contributed by atoms with E-state index in [1.807, 2.05) is 97.2 Å². The maximum absolute atomic E-state index is 12.8. The lowest BCUT2D eigenvalue weighted by Gasteiger charge is -2.18. The van der Waals surface area contributed by atoms with Gasteiger partial charge < -0.3 is 14.2 Å². The summed E-state index contributed by atoms with van der Waals surface area (Å²) in [6.07, 6.45) is 72.1. The highest BCUT2D eigenvalue weighted by Gasteiger charge is 2.19. The van der Waals surface area contributed by atoms with Crippen LogP contribution in [0.1, 0.15) is 162 Å². The van der Waals surface area contributed by atoms with Crippen molar-refractivity contribution in [1.29, 1.82) is 0 Å². The summed E-state index contributed by atoms with van der Waals surface area (Å²) < 4.78 is 16.7. The lowest BCUT2D eigenvalue weighted by molar-refractivity contribution is -0.167. The normalized spacial score (nSPS) is 13.5. The monoisotopic (exact) mass is 865 g/mol. The Balaban J connectivity index is 4.60. The van der Waals surface area contributed by atoms with Gasteiger partial charge in [0.1, 0.15) is 13.2 Å². The third kappa shape index (κ3) is 47.9. The van der Waals surface area contributed by atoms with Crippen molar-refractivity contribution >= 4 is 17.9 Å². The van der Waals surface area contributed by atoms with E-state index in [1.165, 1.54) is 0 Å². The van der Waals surface area contributed by atoms with Crippen LogP contribution in [-0.4, -0.2) is 37.2 Å². The third-order valence-electron chi connectivity index (χ3n) is 9.33. The Morgan fingerprint density at radius 2 is 0.571 bits per heavy atom. The molecule has 0 bridgehead atoms. The zero-order valence-corrected chi connectivity index (χ0v) is 39.5. The number of rotatable bonds is 40. The van der Waals surface area contributed by atoms with Gasteiger partial charge in [-0.05, 0) is 77.0 Å². The first-order chi connectivity index (χ1) is 31.0. The summed E-state index contributed by atoms with van der Waals surface area (Å²) in [5.41, 5.74) is 0. The molecule has 0 fully saturated rings. The van der Waals surface area contributed by atoms with E-state index in [4.69, 9.17) is 14.2 Å². The smallest absolute Gasteiger partial charge is 0.306 e. The topological polar surface area (TPSA) is 78.9 Å². The van der Waals surface area contributed by atoms with Gasteiger partial charge in [0.15, 0.2) is 6.10 Å². The predicted octanol–water partition coefficient (Wildman–Crippen LogP) is 15.9. The van der Waals surface area contributed by atoms with Crippen molar-refractivity contribution in [2.24, 2.45) is 0 Å². The van der Waals surface area contributed by atoms with Crippen LogP contribution in [0.5, 0.6) is 0 Å². The van der Waals surface area contributed by atoms with Crippen molar-refractivity contribution in [3.8, 4) is 0 Å². The highest BCUT2D eigenvalue weighted by atomic mass is 16.6. The molecule has 0 saturated carbocycles. The van der Waals surface area contributed by atoms with Crippen LogP contribution in [0.4, 0.5) is 0 Å². The third-order valence-corrected chi connectivity index (χ3v) is 9.33. The van der Waals surface area contributed by atoms with Crippen LogP contribution >= 0.6 is 0 Å². The highest BCUT2D eigenvalue weighted by molar-refractivity contribution is 5.71. The number of allylic oxidation sites excluding steroid dienone is 26. The lowest BCUT2D eigenvalue weighted by atomic mass is 10.1. The van der Waals surface area contributed by atoms with Gasteiger partial charge in [-0.1, -0.05) is 224 Å². The van der Waals surface area contributed by atoms with Gasteiger partial charge >= 0.3 is 17.9 Å². The van der Waals surface area contributed by atoms with E-state index < -0.39 is 6.10 Å². The molecule has 0 N–H and O–H groups in total. The standard InChI is InChI=1S/C57H84O6/c1-4-7-10-13-16-19-22-25-28-31-34-37-40-43-46-49-55(58)61-52-54(63-57(60)51-48-45-42-39-36-33-30-27-24-21-18-15-12-9-6-3)53-62-56(59)50-47-44-41-38-35-32-29-26-23-20-17-14-11-8-5-2/h7-31,34,54H,4-6,32-33,35-53H2,1-3H3/b10-7-,11-8-,12-9-,16-13-,17-14-,18-15-,22-19-,23-20-,24-21-,28-25-,29-26-,30-27-,34-31-. The Kier molecular flexibility index (Phi) is 45.8. The van der Waals surface area contributed by atoms with Gasteiger partial charge in [0, 0.05) is 19.3 Å². The van der Waals surface area contributed by atoms with Crippen LogP contribution in [0.25, 0.3) is 0 Å². The molecule has 1 unspecified atom stereocenters. The largest absolute Gasteiger partial charge is 0.462 e. The molecule has 0 saturated heterocycles. The molecule has 348 valence electrons. The average Bonchev–Trinajstić information content (AvgIpc) is 3.28. The van der Waals surface area contributed by atoms with E-state index in [2.05, 4.69) is 81.5 Å². The number of unbranched alkanes of at least 4 members (excludes halogenated alkanes) is 13. The van der Waals surface area contributed by atoms with E-state index in [0.29, 0.717) is 12.8 Å². The fourth-order valence-corrected chi connectivity index (χ4v) is 5.78. The maximum atomic E-state index is 12.8. The molecule has 0 aliphatic heterocycles. The summed E-state index contributed by atoms with van der Waals surface area (Å²) in [6, 6.07) is 0. The summed E-state index contributed by atoms with van der Waals surface area (Å²) in [6.45, 7) is 6.10. The molecule has 6 nitrogen and oxygen atoms in total. The second-order valence-electron chi connectivity index (χ2n) is 15.2. The Labute approximate surface area is 384 Å². The molecule has 0 aromatic rings. The minimum atomic E-state index is -0.826. The number of ether oxygens (including phenoxy) is 3. The van der Waals surface area contributed by atoms with Gasteiger partial charge in [0.05, 0.1) is 0 Å². The van der Waals surface area contributed by atoms with E-state index in [-0.39, 0.29) is 37.5 Å². The molecule has 0 aromatic heterocycles. The maximum Gasteiger partial charge on any atom is 0.306 e. The molecule has 0 radical (unpaired) electrons. The highest BCUT2D eigenvalue weighted by Crippen LogP contribution is 2.12. The van der Waals surface area contributed by atoms with Crippen molar-refractivity contribution in [3.63, 3.8) is 0 Å². The summed E-state index contributed by atoms with van der Waals surface area (Å²) in [7, 11) is 0. The van der Waals surface area contributed by atoms with Crippen LogP contribution in [0.15, 0.2) is 158 Å². The number of hydrogen-bond acceptors (Lipinski definition) is 6. The van der Waals surface area contributed by atoms with E-state index in [9.17, 15) is 14.4 Å². The molecule has 0 rings (SSSR count). The SMILES string of the molecule is CC\C=C/C=C\C=C/C=C\C=C/CCCCCC(=O)OCC(COC(=O)CCCCCCC\C=C/C=C\C=C/C=C\CC)OC(=O)CCCCCCC\C=C/C=C\C=C/C=C\CC. The predicted molar refractivity (Wildman–Crippen MR) is 269 cm³/mol. The molecule has 0 aromatic carbocycles. The van der Waals surface area contributed by atoms with E-state index in [1.54, 1.807) is 0 Å². The number of hydrogen-bond donors (Lipinski definition) is 0. The Hall–Kier alpha value is -4.97. The lowest BCUT2D eigenvalue weighted by Crippen LogP contribution is -2.30. The van der Waals surface area contributed by atoms with Crippen molar-refractivity contribution < 1.29 is 28.6 Å². The summed E-state index contributed by atoms with van der Waals surface area (Å²) in [5.74, 6) is -1.03. The molecule has 63 heavy (non-hydrogen) atoms. The zero-order valence-electron chi connectivity index (χ0n) is 39.5. The molecular formula is C57H84O6. The van der Waals surface area contributed by atoms with Crippen LogP contribution < -0.4 is 0 Å². The Morgan fingerprint density at radius 3 is 0.905 bits per heavy atom. The molecule has 0 spiro atoms. The van der Waals surface area contributed by atoms with Gasteiger partial charge in [-0.2, -0.15) is 0 Å². The number of carbonyl (C=O) groups excluding carboxylic acids is 3. The van der Waals surface area contributed by atoms with Gasteiger partial charge in [0.25, 0.3) is 0 Å². The Bertz CT molecular complexity index is 1510. The van der Waals surface area contributed by atoms with Gasteiger partial charge in [-0.25, -0.2) is 0 Å². The van der Waals surface area contributed by atoms with Crippen LogP contribution in [0.2, 0.25) is 0 Å². The average molecular weight is 865 g/mol. The van der Waals surface area contributed by atoms with Crippen molar-refractivity contribution in [2.75, 3.05) is 13.2 Å². The number of carbonyl (C=O) groups is 3. The van der Waals surface area contributed by atoms with Gasteiger partial charge in [-0.3, -0.25) is 14.4 Å². The molecule has 0 aliphatic carbocycles. The quantitative estimate of drug-likeness (QED) is 0.0264. The van der Waals surface area contributed by atoms with Gasteiger partial charge in [-0.15, -0.1) is 0 Å². The summed E-state index contributed by atoms with van der Waals surface area (Å²) >= 11 is 0. The van der Waals surface area contributed by atoms with Crippen LogP contribution in [-0.2, 0) is 28.6 Å². The molecular weight excluding hydrogens is 781 g/mol. The zero-order chi connectivity index (χ0) is 45.8. The fraction of sp³-hybridized carbons (Fsp3) is 0.491. The second kappa shape index (κ2) is 49.7. The molecule has 0 amide bonds. The van der Waals surface area contributed by atoms with Gasteiger partial charge in [0.2, 0.25) is 0 Å². The second-order valence-corrected chi connectivity index (χ2v) is 15.2. The summed E-state index contributed by atoms with van der Waals surface area (Å²) in [4.78, 5) is 37.9.